The summed E-state index contributed by atoms with van der Waals surface area (Å²) in [5.41, 5.74) is 0.854. The number of benzene rings is 1. The van der Waals surface area contributed by atoms with Gasteiger partial charge in [-0.15, -0.1) is 10.2 Å². The van der Waals surface area contributed by atoms with E-state index in [-0.39, 0.29) is 30.7 Å². The summed E-state index contributed by atoms with van der Waals surface area (Å²) in [5, 5.41) is 12.2. The quantitative estimate of drug-likeness (QED) is 0.527. The Hall–Kier alpha value is -2.61. The molecule has 8 heteroatoms. The molecule has 0 saturated heterocycles. The summed E-state index contributed by atoms with van der Waals surface area (Å²) in [7, 11) is 0. The van der Waals surface area contributed by atoms with Crippen LogP contribution in [-0.4, -0.2) is 39.4 Å². The molecule has 0 fully saturated rings. The van der Waals surface area contributed by atoms with Gasteiger partial charge in [0.2, 0.25) is 11.0 Å². The van der Waals surface area contributed by atoms with Gasteiger partial charge in [0.05, 0.1) is 11.1 Å². The van der Waals surface area contributed by atoms with Gasteiger partial charge in [-0.1, -0.05) is 43.2 Å². The second-order valence-corrected chi connectivity index (χ2v) is 7.48. The maximum absolute atomic E-state index is 12.3. The van der Waals surface area contributed by atoms with Crippen LogP contribution in [0.5, 0.6) is 0 Å². The lowest BCUT2D eigenvalue weighted by Gasteiger charge is -2.13. The highest BCUT2D eigenvalue weighted by Crippen LogP contribution is 2.23. The first kappa shape index (κ1) is 19.2. The summed E-state index contributed by atoms with van der Waals surface area (Å²) in [4.78, 5) is 37.8. The number of carbonyl (C=O) groups excluding carboxylic acids is 3. The number of nitrogens with zero attached hydrogens (tertiary/aromatic N) is 3. The topological polar surface area (TPSA) is 92.3 Å². The van der Waals surface area contributed by atoms with E-state index in [1.165, 1.54) is 16.2 Å². The van der Waals surface area contributed by atoms with Crippen LogP contribution < -0.4 is 5.32 Å². The van der Waals surface area contributed by atoms with E-state index < -0.39 is 0 Å². The number of hydrogen-bond donors (Lipinski definition) is 1. The van der Waals surface area contributed by atoms with Crippen molar-refractivity contribution in [3.05, 3.63) is 40.4 Å². The number of fused-ring (bicyclic) bond motifs is 1. The number of aryl methyl sites for hydroxylation is 1. The minimum Gasteiger partial charge on any atom is -0.301 e. The maximum atomic E-state index is 12.3. The van der Waals surface area contributed by atoms with Crippen molar-refractivity contribution in [1.82, 2.24) is 15.1 Å². The molecule has 0 spiro atoms. The van der Waals surface area contributed by atoms with Gasteiger partial charge in [-0.25, -0.2) is 0 Å². The third-order valence-corrected chi connectivity index (χ3v) is 5.27. The first-order valence-electron chi connectivity index (χ1n) is 9.17. The summed E-state index contributed by atoms with van der Waals surface area (Å²) < 4.78 is 0. The van der Waals surface area contributed by atoms with Gasteiger partial charge in [0.25, 0.3) is 11.8 Å². The van der Waals surface area contributed by atoms with Gasteiger partial charge < -0.3 is 5.32 Å². The molecule has 1 aromatic carbocycles. The monoisotopic (exact) mass is 386 g/mol. The molecule has 3 rings (SSSR count). The summed E-state index contributed by atoms with van der Waals surface area (Å²) in [6, 6.07) is 6.77. The highest BCUT2D eigenvalue weighted by Gasteiger charge is 2.34. The highest BCUT2D eigenvalue weighted by molar-refractivity contribution is 7.15. The van der Waals surface area contributed by atoms with Gasteiger partial charge in [0.1, 0.15) is 5.01 Å². The minimum absolute atomic E-state index is 0.192. The van der Waals surface area contributed by atoms with E-state index in [1.54, 1.807) is 24.3 Å². The van der Waals surface area contributed by atoms with Crippen molar-refractivity contribution >= 4 is 34.2 Å². The molecular formula is C19H22N4O3S. The second kappa shape index (κ2) is 8.85. The Balaban J connectivity index is 1.44. The molecule has 0 atom stereocenters. The Kier molecular flexibility index (Phi) is 6.28. The van der Waals surface area contributed by atoms with Crippen LogP contribution in [0.3, 0.4) is 0 Å². The van der Waals surface area contributed by atoms with Crippen molar-refractivity contribution in [1.29, 1.82) is 0 Å². The third-order valence-electron chi connectivity index (χ3n) is 4.37. The molecule has 1 N–H and O–H groups in total. The Labute approximate surface area is 161 Å². The molecule has 1 aliphatic rings. The molecule has 7 nitrogen and oxygen atoms in total. The number of rotatable bonds is 9. The van der Waals surface area contributed by atoms with Gasteiger partial charge in [-0.05, 0) is 25.0 Å². The van der Waals surface area contributed by atoms with Gasteiger partial charge in [-0.2, -0.15) is 0 Å². The van der Waals surface area contributed by atoms with Gasteiger partial charge in [0, 0.05) is 19.4 Å². The molecule has 27 heavy (non-hydrogen) atoms. The summed E-state index contributed by atoms with van der Waals surface area (Å²) >= 11 is 1.39. The average Bonchev–Trinajstić information content (AvgIpc) is 3.20. The van der Waals surface area contributed by atoms with Crippen molar-refractivity contribution < 1.29 is 14.4 Å². The molecule has 0 unspecified atom stereocenters. The predicted molar refractivity (Wildman–Crippen MR) is 103 cm³/mol. The number of nitrogens with one attached hydrogen (secondary N) is 1. The zero-order chi connectivity index (χ0) is 19.2. The maximum Gasteiger partial charge on any atom is 0.261 e. The molecule has 0 bridgehead atoms. The molecule has 2 heterocycles. The standard InChI is InChI=1S/C19H22N4O3S/c1-2-3-4-11-16-21-22-19(27-16)20-15(24)10-7-12-23-17(25)13-8-5-6-9-14(13)18(23)26/h5-6,8-9H,2-4,7,10-12H2,1H3,(H,20,22,24). The van der Waals surface area contributed by atoms with Gasteiger partial charge >= 0.3 is 0 Å². The van der Waals surface area contributed by atoms with Gasteiger partial charge in [-0.3, -0.25) is 19.3 Å². The largest absolute Gasteiger partial charge is 0.301 e. The van der Waals surface area contributed by atoms with E-state index in [1.807, 2.05) is 0 Å². The van der Waals surface area contributed by atoms with E-state index in [4.69, 9.17) is 0 Å². The predicted octanol–water partition coefficient (Wildman–Crippen LogP) is 3.29. The summed E-state index contributed by atoms with van der Waals surface area (Å²) in [6.45, 7) is 2.37. The lowest BCUT2D eigenvalue weighted by Crippen LogP contribution is -2.31. The summed E-state index contributed by atoms with van der Waals surface area (Å²) in [5.74, 6) is -0.781. The first-order chi connectivity index (χ1) is 13.1. The van der Waals surface area contributed by atoms with Crippen LogP contribution in [0.4, 0.5) is 5.13 Å². The average molecular weight is 386 g/mol. The van der Waals surface area contributed by atoms with Crippen molar-refractivity contribution in [2.75, 3.05) is 11.9 Å². The number of imide groups is 1. The lowest BCUT2D eigenvalue weighted by atomic mass is 10.1. The zero-order valence-electron chi connectivity index (χ0n) is 15.2. The third kappa shape index (κ3) is 4.57. The molecule has 0 saturated carbocycles. The Morgan fingerprint density at radius 3 is 2.44 bits per heavy atom. The lowest BCUT2D eigenvalue weighted by molar-refractivity contribution is -0.116. The zero-order valence-corrected chi connectivity index (χ0v) is 16.1. The van der Waals surface area contributed by atoms with E-state index >= 15 is 0 Å². The van der Waals surface area contributed by atoms with Crippen LogP contribution in [0.25, 0.3) is 0 Å². The van der Waals surface area contributed by atoms with E-state index in [0.29, 0.717) is 22.7 Å². The van der Waals surface area contributed by atoms with Crippen LogP contribution in [0, 0.1) is 0 Å². The van der Waals surface area contributed by atoms with Crippen LogP contribution >= 0.6 is 11.3 Å². The minimum atomic E-state index is -0.295. The van der Waals surface area contributed by atoms with Crippen molar-refractivity contribution in [3.8, 4) is 0 Å². The van der Waals surface area contributed by atoms with Crippen molar-refractivity contribution in [2.45, 2.75) is 45.4 Å². The fraction of sp³-hybridized carbons (Fsp3) is 0.421. The number of hydrogen-bond acceptors (Lipinski definition) is 6. The Bertz CT molecular complexity index is 814. The molecule has 0 aliphatic carbocycles. The highest BCUT2D eigenvalue weighted by atomic mass is 32.1. The fourth-order valence-corrected chi connectivity index (χ4v) is 3.75. The van der Waals surface area contributed by atoms with Crippen molar-refractivity contribution in [2.24, 2.45) is 0 Å². The number of anilines is 1. The van der Waals surface area contributed by atoms with Crippen molar-refractivity contribution in [3.63, 3.8) is 0 Å². The fourth-order valence-electron chi connectivity index (χ4n) is 2.95. The number of carbonyl (C=O) groups is 3. The normalized spacial score (nSPS) is 13.1. The number of unbranched alkanes of at least 4 members (excludes halogenated alkanes) is 2. The van der Waals surface area contributed by atoms with Crippen LogP contribution in [-0.2, 0) is 11.2 Å². The van der Waals surface area contributed by atoms with E-state index in [9.17, 15) is 14.4 Å². The van der Waals surface area contributed by atoms with E-state index in [0.717, 1.165) is 30.7 Å². The first-order valence-corrected chi connectivity index (χ1v) is 9.99. The smallest absolute Gasteiger partial charge is 0.261 e. The summed E-state index contributed by atoms with van der Waals surface area (Å²) in [6.07, 6.45) is 4.85. The van der Waals surface area contributed by atoms with Gasteiger partial charge in [0.15, 0.2) is 0 Å². The number of aromatic nitrogens is 2. The van der Waals surface area contributed by atoms with Crippen LogP contribution in [0.1, 0.15) is 64.8 Å². The molecule has 1 aliphatic heterocycles. The molecule has 142 valence electrons. The van der Waals surface area contributed by atoms with Crippen LogP contribution in [0.2, 0.25) is 0 Å². The molecule has 2 aromatic rings. The molecule has 0 radical (unpaired) electrons. The SMILES string of the molecule is CCCCCc1nnc(NC(=O)CCCN2C(=O)c3ccccc3C2=O)s1. The second-order valence-electron chi connectivity index (χ2n) is 6.42. The molecule has 1 aromatic heterocycles. The van der Waals surface area contributed by atoms with E-state index in [2.05, 4.69) is 22.4 Å². The Morgan fingerprint density at radius 1 is 1.07 bits per heavy atom. The molecule has 3 amide bonds. The van der Waals surface area contributed by atoms with Crippen LogP contribution in [0.15, 0.2) is 24.3 Å². The Morgan fingerprint density at radius 2 is 1.78 bits per heavy atom. The number of amides is 3. The molecular weight excluding hydrogens is 364 g/mol.